The fourth-order valence-corrected chi connectivity index (χ4v) is 14.9. The number of phenolic OH excluding ortho intramolecular Hbond substituents is 1. The van der Waals surface area contributed by atoms with Crippen LogP contribution in [0.15, 0.2) is 126 Å². The molecule has 0 amide bonds. The third-order valence-electron chi connectivity index (χ3n) is 10.1. The summed E-state index contributed by atoms with van der Waals surface area (Å²) < 4.78 is 6.05. The van der Waals surface area contributed by atoms with Crippen LogP contribution in [0.1, 0.15) is 96.0 Å². The second-order valence-electron chi connectivity index (χ2n) is 15.8. The van der Waals surface area contributed by atoms with E-state index in [1.807, 2.05) is 6.07 Å². The number of phenols is 1. The average molecular weight is 722 g/mol. The molecule has 0 heterocycles. The van der Waals surface area contributed by atoms with Gasteiger partial charge in [0.1, 0.15) is 5.75 Å². The zero-order chi connectivity index (χ0) is 35.1. The van der Waals surface area contributed by atoms with Crippen LogP contribution in [0.4, 0.5) is 0 Å². The van der Waals surface area contributed by atoms with E-state index in [0.29, 0.717) is 13.0 Å². The van der Waals surface area contributed by atoms with Crippen LogP contribution in [-0.2, 0) is 32.1 Å². The normalized spacial score (nSPS) is 16.6. The zero-order valence-electron chi connectivity index (χ0n) is 30.4. The molecule has 0 aliphatic heterocycles. The fourth-order valence-electron chi connectivity index (χ4n) is 7.60. The molecule has 49 heavy (non-hydrogen) atoms. The van der Waals surface area contributed by atoms with E-state index < -0.39 is 21.3 Å². The van der Waals surface area contributed by atoms with Gasteiger partial charge in [-0.1, -0.05) is 53.7 Å². The van der Waals surface area contributed by atoms with Gasteiger partial charge in [-0.3, -0.25) is 0 Å². The molecule has 0 bridgehead atoms. The number of allylic oxidation sites excluding steroid dienone is 2. The van der Waals surface area contributed by atoms with Crippen LogP contribution in [0, 0.1) is 0 Å². The molecule has 2 atom stereocenters. The molecule has 248 valence electrons. The number of rotatable bonds is 4. The maximum absolute atomic E-state index is 9.84. The Labute approximate surface area is 302 Å². The predicted octanol–water partition coefficient (Wildman–Crippen LogP) is 12.7. The van der Waals surface area contributed by atoms with Crippen molar-refractivity contribution in [2.75, 3.05) is 0 Å². The third kappa shape index (κ3) is 7.09. The molecule has 2 aliphatic rings. The Kier molecular flexibility index (Phi) is 9.85. The Morgan fingerprint density at radius 3 is 1.41 bits per heavy atom. The monoisotopic (exact) mass is 720 g/mol. The Bertz CT molecular complexity index is 1950. The van der Waals surface area contributed by atoms with Crippen LogP contribution in [0.2, 0.25) is 0 Å². The summed E-state index contributed by atoms with van der Waals surface area (Å²) in [6.07, 6.45) is 4.90. The Morgan fingerprint density at radius 2 is 1.00 bits per heavy atom. The van der Waals surface area contributed by atoms with Crippen LogP contribution in [0.25, 0.3) is 34.4 Å². The molecule has 5 aromatic rings. The first kappa shape index (κ1) is 35.0. The molecule has 0 aromatic heterocycles. The van der Waals surface area contributed by atoms with Crippen molar-refractivity contribution in [1.29, 1.82) is 0 Å². The van der Waals surface area contributed by atoms with Gasteiger partial charge in [0.15, 0.2) is 0 Å². The van der Waals surface area contributed by atoms with Gasteiger partial charge in [0.05, 0.1) is 0 Å². The minimum absolute atomic E-state index is 0.00859. The molecule has 0 fully saturated rings. The molecular weight excluding hydrogens is 672 g/mol. The van der Waals surface area contributed by atoms with E-state index in [2.05, 4.69) is 171 Å². The number of aromatic hydroxyl groups is 1. The number of fused-ring (bicyclic) bond motifs is 2. The van der Waals surface area contributed by atoms with Gasteiger partial charge >= 0.3 is 211 Å². The summed E-state index contributed by atoms with van der Waals surface area (Å²) in [5.74, 6) is 0.399. The van der Waals surface area contributed by atoms with E-state index >= 15 is 0 Å². The molecule has 5 aromatic carbocycles. The van der Waals surface area contributed by atoms with Gasteiger partial charge in [0.25, 0.3) is 0 Å². The van der Waals surface area contributed by atoms with Gasteiger partial charge < -0.3 is 5.11 Å². The first-order valence-electron chi connectivity index (χ1n) is 17.5. The first-order chi connectivity index (χ1) is 23.3. The first-order valence-corrected chi connectivity index (χ1v) is 22.1. The van der Waals surface area contributed by atoms with Crippen LogP contribution in [0.5, 0.6) is 5.75 Å². The summed E-state index contributed by atoms with van der Waals surface area (Å²) in [5.41, 5.74) is 16.6. The van der Waals surface area contributed by atoms with Crippen LogP contribution < -0.4 is 0 Å². The van der Waals surface area contributed by atoms with E-state index in [1.54, 1.807) is 6.07 Å². The van der Waals surface area contributed by atoms with Crippen molar-refractivity contribution in [1.82, 2.24) is 0 Å². The standard InChI is InChI=1S/2C16H13.C14H22O.CH2.Zr/c2*1-12-10-14-8-5-9-15(16(14)11-12)13-6-3-2-4-7-13;1-13(2,3)10-7-8-12(15)11(9-10)14(4,5)6;;/h2*2-11H,1H3;7-9,15H,1-6H3;1H2;. The van der Waals surface area contributed by atoms with Crippen molar-refractivity contribution in [3.63, 3.8) is 0 Å². The second-order valence-corrected chi connectivity index (χ2v) is 21.5. The molecule has 0 spiro atoms. The fraction of sp³-hybridized carbons (Fsp3) is 0.255. The molecular formula is C47H50OZr. The van der Waals surface area contributed by atoms with Crippen LogP contribution >= 0.6 is 0 Å². The van der Waals surface area contributed by atoms with Crippen molar-refractivity contribution in [3.8, 4) is 28.0 Å². The van der Waals surface area contributed by atoms with Gasteiger partial charge in [0.2, 0.25) is 0 Å². The summed E-state index contributed by atoms with van der Waals surface area (Å²) in [6.45, 7) is 17.6. The van der Waals surface area contributed by atoms with Crippen molar-refractivity contribution >= 4 is 16.4 Å². The van der Waals surface area contributed by atoms with Gasteiger partial charge in [-0.2, -0.15) is 0 Å². The number of hydrogen-bond acceptors (Lipinski definition) is 1. The summed E-state index contributed by atoms with van der Waals surface area (Å²) in [7, 11) is 0. The minimum atomic E-state index is -2.24. The maximum atomic E-state index is 9.84. The van der Waals surface area contributed by atoms with Gasteiger partial charge in [-0.25, -0.2) is 0 Å². The predicted molar refractivity (Wildman–Crippen MR) is 209 cm³/mol. The summed E-state index contributed by atoms with van der Waals surface area (Å²) in [4.78, 5) is 0. The van der Waals surface area contributed by atoms with E-state index in [9.17, 15) is 5.11 Å². The van der Waals surface area contributed by atoms with E-state index in [4.69, 9.17) is 4.21 Å². The van der Waals surface area contributed by atoms with Crippen LogP contribution in [-0.4, -0.2) is 9.32 Å². The Morgan fingerprint density at radius 1 is 0.551 bits per heavy atom. The van der Waals surface area contributed by atoms with Gasteiger partial charge in [-0.15, -0.1) is 0 Å². The molecule has 0 saturated heterocycles. The summed E-state index contributed by atoms with van der Waals surface area (Å²) in [5, 5.41) is 9.84. The van der Waals surface area contributed by atoms with Crippen molar-refractivity contribution in [2.45, 2.75) is 73.5 Å². The molecule has 0 radical (unpaired) electrons. The molecule has 2 heteroatoms. The number of hydrogen-bond donors (Lipinski definition) is 1. The molecule has 2 aliphatic carbocycles. The molecule has 0 saturated carbocycles. The van der Waals surface area contributed by atoms with Crippen molar-refractivity contribution in [2.24, 2.45) is 0 Å². The SMILES string of the molecule is CC(C)(C)c1ccc(O)c(C(C)(C)C)c1.[CH2]=[Zr]([CH]1C(C)=Cc2c(-c3ccccc3)cccc21)[CH]1C(C)=Cc2c(-c3ccccc3)cccc21. The topological polar surface area (TPSA) is 20.2 Å². The summed E-state index contributed by atoms with van der Waals surface area (Å²) in [6, 6.07) is 41.3. The van der Waals surface area contributed by atoms with E-state index in [0.717, 1.165) is 5.56 Å². The van der Waals surface area contributed by atoms with Gasteiger partial charge in [-0.05, 0) is 28.0 Å². The Hall–Kier alpha value is -3.87. The zero-order valence-corrected chi connectivity index (χ0v) is 32.9. The number of benzene rings is 5. The molecule has 7 rings (SSSR count). The Balaban J connectivity index is 0.000000235. The summed E-state index contributed by atoms with van der Waals surface area (Å²) >= 11 is -2.24. The van der Waals surface area contributed by atoms with E-state index in [1.165, 1.54) is 61.2 Å². The van der Waals surface area contributed by atoms with Crippen molar-refractivity contribution in [3.05, 3.63) is 160 Å². The second kappa shape index (κ2) is 13.8. The average Bonchev–Trinajstić information content (AvgIpc) is 3.59. The van der Waals surface area contributed by atoms with E-state index in [-0.39, 0.29) is 10.8 Å². The molecule has 1 N–H and O–H groups in total. The molecule has 1 nitrogen and oxygen atoms in total. The van der Waals surface area contributed by atoms with Crippen LogP contribution in [0.3, 0.4) is 0 Å². The molecule has 2 unspecified atom stereocenters. The van der Waals surface area contributed by atoms with Gasteiger partial charge in [0, 0.05) is 0 Å². The third-order valence-corrected chi connectivity index (χ3v) is 17.6. The quantitative estimate of drug-likeness (QED) is 0.196. The van der Waals surface area contributed by atoms with Crippen molar-refractivity contribution < 1.29 is 26.4 Å².